The molecule has 3 aromatic carbocycles. The van der Waals surface area contributed by atoms with Gasteiger partial charge in [0.25, 0.3) is 0 Å². The first-order valence-electron chi connectivity index (χ1n) is 9.01. The van der Waals surface area contributed by atoms with Gasteiger partial charge in [-0.2, -0.15) is 0 Å². The van der Waals surface area contributed by atoms with Gasteiger partial charge in [-0.1, -0.05) is 54.1 Å². The number of halogens is 1. The zero-order valence-electron chi connectivity index (χ0n) is 14.9. The van der Waals surface area contributed by atoms with E-state index in [-0.39, 0.29) is 5.75 Å². The Kier molecular flexibility index (Phi) is 4.03. The first-order valence-corrected chi connectivity index (χ1v) is 9.39. The lowest BCUT2D eigenvalue weighted by molar-refractivity contribution is 0.302. The lowest BCUT2D eigenvalue weighted by Gasteiger charge is -2.24. The lowest BCUT2D eigenvalue weighted by Crippen LogP contribution is -2.09. The SMILES string of the molecule is Oc1ccccc1-c1cc(-c2ccc(Cl)cc2)nc2c1COc1ccccc1-2. The van der Waals surface area contributed by atoms with Crippen LogP contribution in [0, 0.1) is 0 Å². The number of aromatic nitrogens is 1. The summed E-state index contributed by atoms with van der Waals surface area (Å²) in [5.74, 6) is 1.05. The fourth-order valence-electron chi connectivity index (χ4n) is 3.59. The number of fused-ring (bicyclic) bond motifs is 3. The standard InChI is InChI=1S/C24H16ClNO2/c25-16-11-9-15(10-12-16)21-13-19(17-5-1-3-7-22(17)27)20-14-28-23-8-4-2-6-18(23)24(20)26-21/h1-13,27H,14H2. The number of nitrogens with zero attached hydrogens (tertiary/aromatic N) is 1. The molecule has 28 heavy (non-hydrogen) atoms. The van der Waals surface area contributed by atoms with Crippen molar-refractivity contribution >= 4 is 11.6 Å². The average Bonchev–Trinajstić information content (AvgIpc) is 2.74. The van der Waals surface area contributed by atoms with Crippen LogP contribution in [-0.2, 0) is 6.61 Å². The Morgan fingerprint density at radius 1 is 0.821 bits per heavy atom. The van der Waals surface area contributed by atoms with Crippen LogP contribution in [0.4, 0.5) is 0 Å². The normalized spacial score (nSPS) is 12.0. The summed E-state index contributed by atoms with van der Waals surface area (Å²) >= 11 is 6.06. The van der Waals surface area contributed by atoms with Crippen LogP contribution in [0.3, 0.4) is 0 Å². The van der Waals surface area contributed by atoms with E-state index in [0.29, 0.717) is 11.6 Å². The van der Waals surface area contributed by atoms with E-state index in [4.69, 9.17) is 21.3 Å². The van der Waals surface area contributed by atoms with Gasteiger partial charge in [0, 0.05) is 27.3 Å². The van der Waals surface area contributed by atoms with E-state index < -0.39 is 0 Å². The number of rotatable bonds is 2. The second-order valence-corrected chi connectivity index (χ2v) is 7.13. The van der Waals surface area contributed by atoms with Gasteiger partial charge < -0.3 is 9.84 Å². The number of pyridine rings is 1. The van der Waals surface area contributed by atoms with Crippen molar-refractivity contribution in [1.82, 2.24) is 4.98 Å². The van der Waals surface area contributed by atoms with Gasteiger partial charge in [0.2, 0.25) is 0 Å². The molecule has 0 saturated carbocycles. The first-order chi connectivity index (χ1) is 13.7. The molecule has 0 aliphatic carbocycles. The number of benzene rings is 3. The highest BCUT2D eigenvalue weighted by molar-refractivity contribution is 6.30. The molecule has 0 saturated heterocycles. The Labute approximate surface area is 167 Å². The van der Waals surface area contributed by atoms with Crippen molar-refractivity contribution in [2.75, 3.05) is 0 Å². The smallest absolute Gasteiger partial charge is 0.129 e. The predicted octanol–water partition coefficient (Wildman–Crippen LogP) is 6.33. The van der Waals surface area contributed by atoms with Gasteiger partial charge >= 0.3 is 0 Å². The molecule has 0 fully saturated rings. The van der Waals surface area contributed by atoms with E-state index >= 15 is 0 Å². The van der Waals surface area contributed by atoms with Crippen LogP contribution in [-0.4, -0.2) is 10.1 Å². The van der Waals surface area contributed by atoms with E-state index in [1.54, 1.807) is 6.07 Å². The maximum atomic E-state index is 10.5. The Morgan fingerprint density at radius 2 is 1.54 bits per heavy atom. The van der Waals surface area contributed by atoms with Gasteiger partial charge in [-0.25, -0.2) is 4.98 Å². The van der Waals surface area contributed by atoms with Crippen molar-refractivity contribution in [2.45, 2.75) is 6.61 Å². The van der Waals surface area contributed by atoms with Gasteiger partial charge in [0.1, 0.15) is 18.1 Å². The van der Waals surface area contributed by atoms with Crippen molar-refractivity contribution in [2.24, 2.45) is 0 Å². The fraction of sp³-hybridized carbons (Fsp3) is 0.0417. The monoisotopic (exact) mass is 385 g/mol. The van der Waals surface area contributed by atoms with E-state index in [1.807, 2.05) is 72.8 Å². The molecule has 136 valence electrons. The number of ether oxygens (including phenoxy) is 1. The molecule has 4 heteroatoms. The van der Waals surface area contributed by atoms with Gasteiger partial charge in [0.15, 0.2) is 0 Å². The molecule has 1 aliphatic rings. The van der Waals surface area contributed by atoms with Crippen molar-refractivity contribution in [1.29, 1.82) is 0 Å². The molecule has 3 nitrogen and oxygen atoms in total. The molecule has 0 spiro atoms. The molecule has 0 radical (unpaired) electrons. The average molecular weight is 386 g/mol. The Balaban J connectivity index is 1.81. The number of aromatic hydroxyl groups is 1. The summed E-state index contributed by atoms with van der Waals surface area (Å²) in [6.07, 6.45) is 0. The third-order valence-electron chi connectivity index (χ3n) is 4.97. The summed E-state index contributed by atoms with van der Waals surface area (Å²) in [4.78, 5) is 4.97. The Morgan fingerprint density at radius 3 is 2.32 bits per heavy atom. The van der Waals surface area contributed by atoms with Crippen LogP contribution in [0.5, 0.6) is 11.5 Å². The van der Waals surface area contributed by atoms with E-state index in [2.05, 4.69) is 0 Å². The van der Waals surface area contributed by atoms with Gasteiger partial charge in [-0.15, -0.1) is 0 Å². The molecule has 4 aromatic rings. The minimum Gasteiger partial charge on any atom is -0.507 e. The second kappa shape index (κ2) is 6.70. The van der Waals surface area contributed by atoms with E-state index in [0.717, 1.165) is 45.0 Å². The Bertz CT molecular complexity index is 1190. The number of phenols is 1. The summed E-state index contributed by atoms with van der Waals surface area (Å²) in [6, 6.07) is 24.9. The summed E-state index contributed by atoms with van der Waals surface area (Å²) < 4.78 is 5.97. The zero-order chi connectivity index (χ0) is 19.1. The van der Waals surface area contributed by atoms with Crippen LogP contribution >= 0.6 is 11.6 Å². The molecule has 2 heterocycles. The number of hydrogen-bond donors (Lipinski definition) is 1. The summed E-state index contributed by atoms with van der Waals surface area (Å²) in [5, 5.41) is 11.2. The number of para-hydroxylation sites is 2. The predicted molar refractivity (Wildman–Crippen MR) is 112 cm³/mol. The highest BCUT2D eigenvalue weighted by Crippen LogP contribution is 2.43. The van der Waals surface area contributed by atoms with Crippen LogP contribution in [0.15, 0.2) is 78.9 Å². The van der Waals surface area contributed by atoms with E-state index in [1.165, 1.54) is 0 Å². The molecule has 1 aliphatic heterocycles. The van der Waals surface area contributed by atoms with Crippen molar-refractivity contribution in [3.05, 3.63) is 89.4 Å². The quantitative estimate of drug-likeness (QED) is 0.438. The van der Waals surface area contributed by atoms with Crippen molar-refractivity contribution in [3.8, 4) is 45.1 Å². The highest BCUT2D eigenvalue weighted by Gasteiger charge is 2.24. The maximum Gasteiger partial charge on any atom is 0.129 e. The number of hydrogen-bond acceptors (Lipinski definition) is 3. The fourth-order valence-corrected chi connectivity index (χ4v) is 3.71. The molecule has 0 atom stereocenters. The van der Waals surface area contributed by atoms with Crippen LogP contribution in [0.2, 0.25) is 5.02 Å². The number of phenolic OH excluding ortho intramolecular Hbond substituents is 1. The third-order valence-corrected chi connectivity index (χ3v) is 5.22. The third kappa shape index (κ3) is 2.81. The molecule has 0 amide bonds. The highest BCUT2D eigenvalue weighted by atomic mass is 35.5. The van der Waals surface area contributed by atoms with Crippen molar-refractivity contribution in [3.63, 3.8) is 0 Å². The zero-order valence-corrected chi connectivity index (χ0v) is 15.6. The largest absolute Gasteiger partial charge is 0.507 e. The van der Waals surface area contributed by atoms with Crippen molar-refractivity contribution < 1.29 is 9.84 Å². The minimum absolute atomic E-state index is 0.233. The lowest BCUT2D eigenvalue weighted by atomic mass is 9.92. The second-order valence-electron chi connectivity index (χ2n) is 6.69. The molecule has 1 N–H and O–H groups in total. The van der Waals surface area contributed by atoms with Crippen LogP contribution < -0.4 is 4.74 Å². The van der Waals surface area contributed by atoms with Crippen LogP contribution in [0.1, 0.15) is 5.56 Å². The molecule has 0 bridgehead atoms. The summed E-state index contributed by atoms with van der Waals surface area (Å²) in [5.41, 5.74) is 6.28. The Hall–Kier alpha value is -3.30. The van der Waals surface area contributed by atoms with Gasteiger partial charge in [0.05, 0.1) is 11.4 Å². The molecule has 0 unspecified atom stereocenters. The summed E-state index contributed by atoms with van der Waals surface area (Å²) in [7, 11) is 0. The van der Waals surface area contributed by atoms with Crippen LogP contribution in [0.25, 0.3) is 33.6 Å². The first kappa shape index (κ1) is 16.8. The molecular formula is C24H16ClNO2. The molecule has 1 aromatic heterocycles. The maximum absolute atomic E-state index is 10.5. The summed E-state index contributed by atoms with van der Waals surface area (Å²) in [6.45, 7) is 0.407. The van der Waals surface area contributed by atoms with E-state index in [9.17, 15) is 5.11 Å². The molecular weight excluding hydrogens is 370 g/mol. The van der Waals surface area contributed by atoms with Gasteiger partial charge in [-0.3, -0.25) is 0 Å². The minimum atomic E-state index is 0.233. The van der Waals surface area contributed by atoms with Gasteiger partial charge in [-0.05, 0) is 42.0 Å². The molecule has 5 rings (SSSR count). The topological polar surface area (TPSA) is 42.4 Å².